The molecule has 1 amide bonds. The van der Waals surface area contributed by atoms with Crippen LogP contribution in [0.3, 0.4) is 0 Å². The Balaban J connectivity index is 1.37. The van der Waals surface area contributed by atoms with Crippen molar-refractivity contribution in [2.75, 3.05) is 18.5 Å². The molecule has 4 aromatic rings. The van der Waals surface area contributed by atoms with Gasteiger partial charge in [0.25, 0.3) is 5.91 Å². The van der Waals surface area contributed by atoms with Crippen LogP contribution in [0.15, 0.2) is 82.6 Å². The van der Waals surface area contributed by atoms with E-state index in [-0.39, 0.29) is 12.5 Å². The normalized spacial score (nSPS) is 10.6. The van der Waals surface area contributed by atoms with Crippen LogP contribution in [0.1, 0.15) is 6.92 Å². The molecule has 0 radical (unpaired) electrons. The van der Waals surface area contributed by atoms with E-state index in [9.17, 15) is 4.79 Å². The van der Waals surface area contributed by atoms with Crippen LogP contribution in [-0.4, -0.2) is 24.1 Å². The lowest BCUT2D eigenvalue weighted by Gasteiger charge is -2.10. The summed E-state index contributed by atoms with van der Waals surface area (Å²) in [4.78, 5) is 16.9. The first-order chi connectivity index (χ1) is 15.6. The average molecular weight is 509 g/mol. The van der Waals surface area contributed by atoms with Gasteiger partial charge in [0.2, 0.25) is 0 Å². The molecule has 1 N–H and O–H groups in total. The second kappa shape index (κ2) is 10.4. The fraction of sp³-hybridized carbons (Fsp3) is 0.120. The third-order valence-electron chi connectivity index (χ3n) is 4.61. The second-order valence-electron chi connectivity index (χ2n) is 6.82. The highest BCUT2D eigenvalue weighted by Crippen LogP contribution is 2.33. The SMILES string of the molecule is CCOc1ccccc1-c1csc(NC(=O)COc2ccc(-c3ccccc3)cc2Br)n1. The Morgan fingerprint density at radius 2 is 1.75 bits per heavy atom. The minimum Gasteiger partial charge on any atom is -0.493 e. The topological polar surface area (TPSA) is 60.5 Å². The number of carbonyl (C=O) groups excluding carboxylic acids is 1. The largest absolute Gasteiger partial charge is 0.493 e. The summed E-state index contributed by atoms with van der Waals surface area (Å²) in [5, 5.41) is 5.21. The summed E-state index contributed by atoms with van der Waals surface area (Å²) in [7, 11) is 0. The fourth-order valence-corrected chi connectivity index (χ4v) is 4.36. The van der Waals surface area contributed by atoms with Gasteiger partial charge in [0.05, 0.1) is 16.8 Å². The molecule has 0 saturated heterocycles. The summed E-state index contributed by atoms with van der Waals surface area (Å²) in [5.74, 6) is 1.10. The molecule has 0 aliphatic rings. The molecule has 3 aromatic carbocycles. The van der Waals surface area contributed by atoms with E-state index in [0.29, 0.717) is 17.5 Å². The van der Waals surface area contributed by atoms with E-state index in [1.54, 1.807) is 0 Å². The quantitative estimate of drug-likeness (QED) is 0.289. The number of rotatable bonds is 8. The van der Waals surface area contributed by atoms with Gasteiger partial charge in [0.15, 0.2) is 11.7 Å². The molecular weight excluding hydrogens is 488 g/mol. The summed E-state index contributed by atoms with van der Waals surface area (Å²) in [5.41, 5.74) is 3.83. The van der Waals surface area contributed by atoms with Gasteiger partial charge in [-0.25, -0.2) is 4.98 Å². The molecule has 0 spiro atoms. The van der Waals surface area contributed by atoms with Crippen molar-refractivity contribution in [1.29, 1.82) is 0 Å². The molecule has 0 unspecified atom stereocenters. The van der Waals surface area contributed by atoms with Gasteiger partial charge in [-0.1, -0.05) is 48.5 Å². The van der Waals surface area contributed by atoms with E-state index in [1.807, 2.05) is 85.1 Å². The Morgan fingerprint density at radius 3 is 2.53 bits per heavy atom. The zero-order valence-corrected chi connectivity index (χ0v) is 19.8. The molecule has 162 valence electrons. The Morgan fingerprint density at radius 1 is 0.969 bits per heavy atom. The van der Waals surface area contributed by atoms with Crippen LogP contribution in [-0.2, 0) is 4.79 Å². The number of para-hydroxylation sites is 1. The van der Waals surface area contributed by atoms with Crippen molar-refractivity contribution in [3.05, 3.63) is 82.6 Å². The number of aromatic nitrogens is 1. The average Bonchev–Trinajstić information content (AvgIpc) is 3.27. The van der Waals surface area contributed by atoms with Crippen molar-refractivity contribution >= 4 is 38.3 Å². The maximum atomic E-state index is 12.4. The number of thiazole rings is 1. The fourth-order valence-electron chi connectivity index (χ4n) is 3.14. The van der Waals surface area contributed by atoms with E-state index in [2.05, 4.69) is 26.2 Å². The Labute approximate surface area is 199 Å². The van der Waals surface area contributed by atoms with Crippen LogP contribution < -0.4 is 14.8 Å². The molecule has 0 aliphatic carbocycles. The number of halogens is 1. The van der Waals surface area contributed by atoms with Crippen molar-refractivity contribution < 1.29 is 14.3 Å². The number of hydrogen-bond donors (Lipinski definition) is 1. The third-order valence-corrected chi connectivity index (χ3v) is 5.99. The van der Waals surface area contributed by atoms with Gasteiger partial charge in [0.1, 0.15) is 11.5 Å². The number of anilines is 1. The van der Waals surface area contributed by atoms with Crippen molar-refractivity contribution in [3.8, 4) is 33.9 Å². The predicted octanol–water partition coefficient (Wildman–Crippen LogP) is 6.66. The minimum absolute atomic E-state index is 0.117. The van der Waals surface area contributed by atoms with Crippen LogP contribution in [0.4, 0.5) is 5.13 Å². The summed E-state index contributed by atoms with van der Waals surface area (Å²) in [6.07, 6.45) is 0. The molecule has 0 fully saturated rings. The first kappa shape index (κ1) is 22.0. The lowest BCUT2D eigenvalue weighted by atomic mass is 10.1. The van der Waals surface area contributed by atoms with Crippen LogP contribution in [0, 0.1) is 0 Å². The third kappa shape index (κ3) is 5.36. The number of nitrogens with one attached hydrogen (secondary N) is 1. The highest BCUT2D eigenvalue weighted by molar-refractivity contribution is 9.10. The van der Waals surface area contributed by atoms with Gasteiger partial charge < -0.3 is 9.47 Å². The smallest absolute Gasteiger partial charge is 0.264 e. The maximum absolute atomic E-state index is 12.4. The van der Waals surface area contributed by atoms with Crippen molar-refractivity contribution in [2.24, 2.45) is 0 Å². The van der Waals surface area contributed by atoms with Gasteiger partial charge in [0, 0.05) is 10.9 Å². The standard InChI is InChI=1S/C25H21BrN2O3S/c1-2-30-22-11-7-6-10-19(22)21-16-32-25(27-21)28-24(29)15-31-23-13-12-18(14-20(23)26)17-8-4-3-5-9-17/h3-14,16H,2,15H2,1H3,(H,27,28,29). The molecule has 5 nitrogen and oxygen atoms in total. The van der Waals surface area contributed by atoms with Crippen LogP contribution in [0.2, 0.25) is 0 Å². The molecule has 0 aliphatic heterocycles. The first-order valence-electron chi connectivity index (χ1n) is 10.1. The van der Waals surface area contributed by atoms with Gasteiger partial charge >= 0.3 is 0 Å². The van der Waals surface area contributed by atoms with Crippen molar-refractivity contribution in [3.63, 3.8) is 0 Å². The van der Waals surface area contributed by atoms with Crippen LogP contribution in [0.5, 0.6) is 11.5 Å². The number of carbonyl (C=O) groups is 1. The van der Waals surface area contributed by atoms with Gasteiger partial charge in [-0.2, -0.15) is 0 Å². The number of hydrogen-bond acceptors (Lipinski definition) is 5. The molecule has 0 atom stereocenters. The van der Waals surface area contributed by atoms with Gasteiger partial charge in [-0.3, -0.25) is 10.1 Å². The monoisotopic (exact) mass is 508 g/mol. The molecular formula is C25H21BrN2O3S. The lowest BCUT2D eigenvalue weighted by Crippen LogP contribution is -2.20. The van der Waals surface area contributed by atoms with Crippen LogP contribution >= 0.6 is 27.3 Å². The number of benzene rings is 3. The summed E-state index contributed by atoms with van der Waals surface area (Å²) in [6, 6.07) is 23.6. The lowest BCUT2D eigenvalue weighted by molar-refractivity contribution is -0.118. The molecule has 0 bridgehead atoms. The second-order valence-corrected chi connectivity index (χ2v) is 8.53. The molecule has 7 heteroatoms. The molecule has 32 heavy (non-hydrogen) atoms. The molecule has 1 heterocycles. The maximum Gasteiger partial charge on any atom is 0.264 e. The van der Waals surface area contributed by atoms with E-state index in [4.69, 9.17) is 9.47 Å². The zero-order valence-electron chi connectivity index (χ0n) is 17.4. The Bertz CT molecular complexity index is 1210. The highest BCUT2D eigenvalue weighted by atomic mass is 79.9. The molecule has 0 saturated carbocycles. The summed E-state index contributed by atoms with van der Waals surface area (Å²) >= 11 is 4.89. The van der Waals surface area contributed by atoms with Crippen molar-refractivity contribution in [1.82, 2.24) is 4.98 Å². The van der Waals surface area contributed by atoms with E-state index in [1.165, 1.54) is 11.3 Å². The van der Waals surface area contributed by atoms with E-state index >= 15 is 0 Å². The number of ether oxygens (including phenoxy) is 2. The highest BCUT2D eigenvalue weighted by Gasteiger charge is 2.13. The molecule has 1 aromatic heterocycles. The Hall–Kier alpha value is -3.16. The van der Waals surface area contributed by atoms with Gasteiger partial charge in [-0.05, 0) is 58.2 Å². The summed E-state index contributed by atoms with van der Waals surface area (Å²) < 4.78 is 12.2. The van der Waals surface area contributed by atoms with E-state index in [0.717, 1.165) is 32.6 Å². The van der Waals surface area contributed by atoms with Crippen molar-refractivity contribution in [2.45, 2.75) is 6.92 Å². The number of nitrogens with zero attached hydrogens (tertiary/aromatic N) is 1. The predicted molar refractivity (Wildman–Crippen MR) is 132 cm³/mol. The van der Waals surface area contributed by atoms with E-state index < -0.39 is 0 Å². The van der Waals surface area contributed by atoms with Crippen LogP contribution in [0.25, 0.3) is 22.4 Å². The Kier molecular flexibility index (Phi) is 7.19. The number of amides is 1. The first-order valence-corrected chi connectivity index (χ1v) is 11.8. The minimum atomic E-state index is -0.275. The zero-order chi connectivity index (χ0) is 22.3. The summed E-state index contributed by atoms with van der Waals surface area (Å²) in [6.45, 7) is 2.40. The molecule has 4 rings (SSSR count). The van der Waals surface area contributed by atoms with Gasteiger partial charge in [-0.15, -0.1) is 11.3 Å².